The fraction of sp³-hybridized carbons (Fsp3) is 0.929. The SMILES string of the molecule is CN1C(C)(C)CC(NCCCCCCN(c2nc(NC3CC(C)(C)NC(C)(C)C3)nc(N3CCOCC3)n2)C2CC(C)(C)N(C)C(C)(C)C2)CC1(C)C. The van der Waals surface area contributed by atoms with Crippen LogP contribution in [0.25, 0.3) is 0 Å². The Bertz CT molecular complexity index is 1300. The molecule has 0 aliphatic carbocycles. The van der Waals surface area contributed by atoms with Crippen molar-refractivity contribution < 1.29 is 4.74 Å². The number of nitrogens with one attached hydrogen (secondary N) is 3. The van der Waals surface area contributed by atoms with Crippen LogP contribution in [0.4, 0.5) is 17.8 Å². The van der Waals surface area contributed by atoms with Crippen LogP contribution in [0.2, 0.25) is 0 Å². The number of nitrogens with zero attached hydrogens (tertiary/aromatic N) is 7. The van der Waals surface area contributed by atoms with Gasteiger partial charge in [-0.1, -0.05) is 12.8 Å². The second-order valence-corrected chi connectivity index (χ2v) is 21.1. The number of unbranched alkanes of at least 4 members (excludes halogenated alkanes) is 3. The van der Waals surface area contributed by atoms with Gasteiger partial charge >= 0.3 is 0 Å². The Labute approximate surface area is 324 Å². The van der Waals surface area contributed by atoms with Crippen LogP contribution < -0.4 is 25.8 Å². The van der Waals surface area contributed by atoms with Gasteiger partial charge in [0, 0.05) is 71.0 Å². The number of hydrogen-bond donors (Lipinski definition) is 3. The Morgan fingerprint density at radius 1 is 0.660 bits per heavy atom. The van der Waals surface area contributed by atoms with Crippen molar-refractivity contribution in [3.63, 3.8) is 0 Å². The molecule has 0 radical (unpaired) electrons. The second-order valence-electron chi connectivity index (χ2n) is 21.1. The molecule has 4 aliphatic rings. The van der Waals surface area contributed by atoms with Gasteiger partial charge in [0.1, 0.15) is 0 Å². The van der Waals surface area contributed by atoms with E-state index in [2.05, 4.69) is 133 Å². The minimum absolute atomic E-state index is 0.0233. The van der Waals surface area contributed by atoms with E-state index in [0.717, 1.165) is 70.2 Å². The highest BCUT2D eigenvalue weighted by molar-refractivity contribution is 5.47. The standard InChI is InChI=1S/C42H80N10O/c1-37(2)25-32(26-38(3,4)48-37)44-34-45-35(51-21-23-53-24-22-51)47-36(46-34)52(33-29-41(9,10)50(14)42(11,12)30-33)20-18-16-15-17-19-43-31-27-39(5,6)49(13)40(7,8)28-31/h31-33,43,48H,15-30H2,1-14H3,(H,44,45,46,47). The van der Waals surface area contributed by atoms with Crippen molar-refractivity contribution in [1.29, 1.82) is 0 Å². The average molecular weight is 741 g/mol. The van der Waals surface area contributed by atoms with Gasteiger partial charge in [-0.05, 0) is 155 Å². The summed E-state index contributed by atoms with van der Waals surface area (Å²) in [4.78, 5) is 25.7. The number of hydrogen-bond acceptors (Lipinski definition) is 11. The molecule has 304 valence electrons. The normalized spacial score (nSPS) is 26.4. The highest BCUT2D eigenvalue weighted by Crippen LogP contribution is 2.41. The minimum atomic E-state index is 0.0233. The molecule has 1 aromatic heterocycles. The van der Waals surface area contributed by atoms with Crippen molar-refractivity contribution in [1.82, 2.24) is 35.4 Å². The van der Waals surface area contributed by atoms with Gasteiger partial charge in [0.25, 0.3) is 0 Å². The molecule has 0 bridgehead atoms. The van der Waals surface area contributed by atoms with E-state index in [1.54, 1.807) is 0 Å². The molecule has 0 saturated carbocycles. The molecule has 3 N–H and O–H groups in total. The molecular formula is C42H80N10O. The highest BCUT2D eigenvalue weighted by Gasteiger charge is 2.46. The molecule has 53 heavy (non-hydrogen) atoms. The molecule has 5 rings (SSSR count). The van der Waals surface area contributed by atoms with Gasteiger partial charge in [0.2, 0.25) is 17.8 Å². The summed E-state index contributed by atoms with van der Waals surface area (Å²) in [7, 11) is 4.59. The zero-order chi connectivity index (χ0) is 39.0. The van der Waals surface area contributed by atoms with Crippen molar-refractivity contribution in [2.45, 2.75) is 199 Å². The topological polar surface area (TPSA) is 96.9 Å². The van der Waals surface area contributed by atoms with Crippen LogP contribution in [-0.2, 0) is 4.74 Å². The maximum Gasteiger partial charge on any atom is 0.232 e. The van der Waals surface area contributed by atoms with Gasteiger partial charge in [-0.2, -0.15) is 15.0 Å². The van der Waals surface area contributed by atoms with Crippen LogP contribution in [0.15, 0.2) is 0 Å². The number of anilines is 3. The van der Waals surface area contributed by atoms with Gasteiger partial charge in [0.05, 0.1) is 13.2 Å². The van der Waals surface area contributed by atoms with E-state index in [1.165, 1.54) is 32.1 Å². The fourth-order valence-electron chi connectivity index (χ4n) is 10.6. The highest BCUT2D eigenvalue weighted by atomic mass is 16.5. The summed E-state index contributed by atoms with van der Waals surface area (Å²) < 4.78 is 5.74. The Balaban J connectivity index is 1.33. The quantitative estimate of drug-likeness (QED) is 0.189. The van der Waals surface area contributed by atoms with Gasteiger partial charge < -0.3 is 30.5 Å². The van der Waals surface area contributed by atoms with Crippen LogP contribution in [0.5, 0.6) is 0 Å². The molecule has 0 amide bonds. The first kappa shape index (κ1) is 42.4. The van der Waals surface area contributed by atoms with Crippen LogP contribution >= 0.6 is 0 Å². The molecule has 0 unspecified atom stereocenters. The van der Waals surface area contributed by atoms with Crippen LogP contribution in [0, 0.1) is 0 Å². The third-order valence-electron chi connectivity index (χ3n) is 13.5. The summed E-state index contributed by atoms with van der Waals surface area (Å²) in [5.74, 6) is 2.31. The lowest BCUT2D eigenvalue weighted by molar-refractivity contribution is -0.0180. The lowest BCUT2D eigenvalue weighted by atomic mass is 9.77. The predicted octanol–water partition coefficient (Wildman–Crippen LogP) is 6.69. The minimum Gasteiger partial charge on any atom is -0.378 e. The van der Waals surface area contributed by atoms with E-state index in [1.807, 2.05) is 0 Å². The summed E-state index contributed by atoms with van der Waals surface area (Å²) in [6.07, 6.45) is 11.3. The maximum atomic E-state index is 5.74. The third-order valence-corrected chi connectivity index (χ3v) is 13.5. The van der Waals surface area contributed by atoms with E-state index in [0.29, 0.717) is 31.2 Å². The molecule has 5 heterocycles. The summed E-state index contributed by atoms with van der Waals surface area (Å²) in [6.45, 7) is 33.4. The van der Waals surface area contributed by atoms with Crippen molar-refractivity contribution in [2.24, 2.45) is 0 Å². The number of likely N-dealkylation sites (tertiary alicyclic amines) is 2. The van der Waals surface area contributed by atoms with E-state index in [9.17, 15) is 0 Å². The molecule has 1 aromatic rings. The van der Waals surface area contributed by atoms with Gasteiger partial charge in [-0.3, -0.25) is 9.80 Å². The summed E-state index contributed by atoms with van der Waals surface area (Å²) in [5, 5.41) is 11.6. The molecule has 11 heteroatoms. The molecule has 4 saturated heterocycles. The Morgan fingerprint density at radius 2 is 1.19 bits per heavy atom. The fourth-order valence-corrected chi connectivity index (χ4v) is 10.6. The first-order chi connectivity index (χ1) is 24.5. The number of ether oxygens (including phenoxy) is 1. The lowest BCUT2D eigenvalue weighted by Crippen LogP contribution is -2.63. The Kier molecular flexibility index (Phi) is 12.8. The zero-order valence-corrected chi connectivity index (χ0v) is 36.6. The molecule has 11 nitrogen and oxygen atoms in total. The van der Waals surface area contributed by atoms with Crippen molar-refractivity contribution in [3.05, 3.63) is 0 Å². The summed E-state index contributed by atoms with van der Waals surface area (Å²) >= 11 is 0. The van der Waals surface area contributed by atoms with Crippen molar-refractivity contribution in [3.8, 4) is 0 Å². The van der Waals surface area contributed by atoms with E-state index in [4.69, 9.17) is 19.7 Å². The molecular weight excluding hydrogens is 661 g/mol. The smallest absolute Gasteiger partial charge is 0.232 e. The van der Waals surface area contributed by atoms with Crippen molar-refractivity contribution >= 4 is 17.8 Å². The van der Waals surface area contributed by atoms with E-state index in [-0.39, 0.29) is 39.3 Å². The lowest BCUT2D eigenvalue weighted by Gasteiger charge is -2.55. The van der Waals surface area contributed by atoms with Crippen molar-refractivity contribution in [2.75, 3.05) is 68.6 Å². The van der Waals surface area contributed by atoms with Gasteiger partial charge in [-0.15, -0.1) is 0 Å². The van der Waals surface area contributed by atoms with E-state index >= 15 is 0 Å². The number of morpholine rings is 1. The monoisotopic (exact) mass is 741 g/mol. The zero-order valence-electron chi connectivity index (χ0n) is 36.6. The summed E-state index contributed by atoms with van der Waals surface area (Å²) in [5.41, 5.74) is 0.589. The first-order valence-electron chi connectivity index (χ1n) is 21.1. The first-order valence-corrected chi connectivity index (χ1v) is 21.1. The number of rotatable bonds is 13. The number of aromatic nitrogens is 3. The Morgan fingerprint density at radius 3 is 1.75 bits per heavy atom. The third kappa shape index (κ3) is 10.7. The van der Waals surface area contributed by atoms with Gasteiger partial charge in [0.15, 0.2) is 0 Å². The number of piperidine rings is 3. The van der Waals surface area contributed by atoms with Crippen LogP contribution in [-0.4, -0.2) is 130 Å². The molecule has 4 fully saturated rings. The molecule has 0 aromatic carbocycles. The van der Waals surface area contributed by atoms with Crippen LogP contribution in [0.1, 0.15) is 147 Å². The average Bonchev–Trinajstić information content (AvgIpc) is 3.02. The maximum absolute atomic E-state index is 5.74. The van der Waals surface area contributed by atoms with E-state index < -0.39 is 0 Å². The summed E-state index contributed by atoms with van der Waals surface area (Å²) in [6, 6.07) is 1.18. The van der Waals surface area contributed by atoms with Gasteiger partial charge in [-0.25, -0.2) is 0 Å². The molecule has 0 spiro atoms. The second kappa shape index (κ2) is 16.0. The predicted molar refractivity (Wildman–Crippen MR) is 223 cm³/mol. The van der Waals surface area contributed by atoms with Crippen LogP contribution in [0.3, 0.4) is 0 Å². The Hall–Kier alpha value is -1.79. The largest absolute Gasteiger partial charge is 0.378 e. The molecule has 4 aliphatic heterocycles. The molecule has 0 atom stereocenters.